The van der Waals surface area contributed by atoms with Gasteiger partial charge in [0.2, 0.25) is 0 Å². The maximum atomic E-state index is 5.40. The number of methoxy groups -OCH3 is 2. The van der Waals surface area contributed by atoms with Gasteiger partial charge in [-0.2, -0.15) is 0 Å². The Bertz CT molecular complexity index is 381. The monoisotopic (exact) mass is 220 g/mol. The lowest BCUT2D eigenvalue weighted by Crippen LogP contribution is -2.21. The van der Waals surface area contributed by atoms with Gasteiger partial charge in [-0.05, 0) is 43.4 Å². The molecule has 0 N–H and O–H groups in total. The Balaban J connectivity index is 2.38. The van der Waals surface area contributed by atoms with Gasteiger partial charge in [-0.15, -0.1) is 0 Å². The molecule has 1 aromatic rings. The highest BCUT2D eigenvalue weighted by molar-refractivity contribution is 5.43. The van der Waals surface area contributed by atoms with Crippen LogP contribution in [0.25, 0.3) is 0 Å². The lowest BCUT2D eigenvalue weighted by molar-refractivity contribution is -0.117. The second kappa shape index (κ2) is 4.56. The molecule has 0 spiro atoms. The summed E-state index contributed by atoms with van der Waals surface area (Å²) in [5.41, 5.74) is 5.65. The van der Waals surface area contributed by atoms with Gasteiger partial charge in [0.05, 0.1) is 0 Å². The molecule has 0 radical (unpaired) electrons. The Morgan fingerprint density at radius 1 is 1.19 bits per heavy atom. The van der Waals surface area contributed by atoms with Crippen LogP contribution in [0, 0.1) is 13.8 Å². The molecule has 88 valence electrons. The van der Waals surface area contributed by atoms with Crippen molar-refractivity contribution in [2.75, 3.05) is 14.2 Å². The predicted molar refractivity (Wildman–Crippen MR) is 64.8 cm³/mol. The zero-order chi connectivity index (χ0) is 11.7. The first kappa shape index (κ1) is 11.6. The fraction of sp³-hybridized carbons (Fsp3) is 0.571. The molecule has 1 unspecified atom stereocenters. The van der Waals surface area contributed by atoms with Crippen molar-refractivity contribution in [2.45, 2.75) is 38.9 Å². The third kappa shape index (κ3) is 1.87. The number of hydrogen-bond acceptors (Lipinski definition) is 2. The fourth-order valence-electron chi connectivity index (χ4n) is 2.87. The third-order valence-electron chi connectivity index (χ3n) is 3.55. The van der Waals surface area contributed by atoms with Crippen LogP contribution in [0.2, 0.25) is 0 Å². The molecular weight excluding hydrogens is 200 g/mol. The van der Waals surface area contributed by atoms with Crippen LogP contribution >= 0.6 is 0 Å². The average molecular weight is 220 g/mol. The van der Waals surface area contributed by atoms with Crippen LogP contribution in [0.4, 0.5) is 0 Å². The first-order chi connectivity index (χ1) is 7.67. The van der Waals surface area contributed by atoms with Crippen molar-refractivity contribution in [1.82, 2.24) is 0 Å². The summed E-state index contributed by atoms with van der Waals surface area (Å²) in [4.78, 5) is 0. The van der Waals surface area contributed by atoms with Gasteiger partial charge in [-0.25, -0.2) is 0 Å². The minimum atomic E-state index is -0.109. The molecule has 0 heterocycles. The normalized spacial score (nSPS) is 19.2. The summed E-state index contributed by atoms with van der Waals surface area (Å²) in [6.45, 7) is 4.35. The Hall–Kier alpha value is -0.860. The van der Waals surface area contributed by atoms with Gasteiger partial charge in [-0.1, -0.05) is 17.7 Å². The molecule has 16 heavy (non-hydrogen) atoms. The molecule has 0 saturated heterocycles. The van der Waals surface area contributed by atoms with E-state index in [2.05, 4.69) is 26.0 Å². The molecule has 2 nitrogen and oxygen atoms in total. The van der Waals surface area contributed by atoms with Crippen molar-refractivity contribution in [3.8, 4) is 0 Å². The van der Waals surface area contributed by atoms with E-state index in [9.17, 15) is 0 Å². The van der Waals surface area contributed by atoms with Crippen LogP contribution in [0.15, 0.2) is 12.1 Å². The van der Waals surface area contributed by atoms with Crippen LogP contribution in [0.3, 0.4) is 0 Å². The molecule has 0 aliphatic heterocycles. The molecule has 0 amide bonds. The van der Waals surface area contributed by atoms with Crippen molar-refractivity contribution in [3.05, 3.63) is 34.4 Å². The predicted octanol–water partition coefficient (Wildman–Crippen LogP) is 2.95. The minimum Gasteiger partial charge on any atom is -0.355 e. The molecule has 2 rings (SSSR count). The van der Waals surface area contributed by atoms with E-state index in [1.165, 1.54) is 22.3 Å². The standard InChI is InChI=1S/C14H20O2/c1-9-7-10(2)11-5-6-12(13(11)8-9)14(15-3)16-4/h7-8,12,14H,5-6H2,1-4H3. The summed E-state index contributed by atoms with van der Waals surface area (Å²) in [7, 11) is 3.43. The van der Waals surface area contributed by atoms with Gasteiger partial charge in [0.25, 0.3) is 0 Å². The lowest BCUT2D eigenvalue weighted by Gasteiger charge is -2.21. The molecule has 0 bridgehead atoms. The van der Waals surface area contributed by atoms with Gasteiger partial charge < -0.3 is 9.47 Å². The largest absolute Gasteiger partial charge is 0.355 e. The number of fused-ring (bicyclic) bond motifs is 1. The molecule has 2 heteroatoms. The van der Waals surface area contributed by atoms with Gasteiger partial charge in [0.15, 0.2) is 6.29 Å². The quantitative estimate of drug-likeness (QED) is 0.729. The summed E-state index contributed by atoms with van der Waals surface area (Å²) in [5.74, 6) is 0.392. The topological polar surface area (TPSA) is 18.5 Å². The maximum Gasteiger partial charge on any atom is 0.163 e. The van der Waals surface area contributed by atoms with E-state index in [0.29, 0.717) is 5.92 Å². The molecule has 1 aromatic carbocycles. The van der Waals surface area contributed by atoms with E-state index in [0.717, 1.165) is 12.8 Å². The smallest absolute Gasteiger partial charge is 0.163 e. The number of aryl methyl sites for hydroxylation is 2. The lowest BCUT2D eigenvalue weighted by atomic mass is 9.96. The zero-order valence-corrected chi connectivity index (χ0v) is 10.5. The Kier molecular flexibility index (Phi) is 3.31. The van der Waals surface area contributed by atoms with Crippen molar-refractivity contribution in [2.24, 2.45) is 0 Å². The Morgan fingerprint density at radius 2 is 1.88 bits per heavy atom. The minimum absolute atomic E-state index is 0.109. The Labute approximate surface area is 97.6 Å². The van der Waals surface area contributed by atoms with Crippen molar-refractivity contribution in [1.29, 1.82) is 0 Å². The molecule has 0 saturated carbocycles. The maximum absolute atomic E-state index is 5.40. The van der Waals surface area contributed by atoms with Gasteiger partial charge in [-0.3, -0.25) is 0 Å². The highest BCUT2D eigenvalue weighted by Crippen LogP contribution is 2.38. The van der Waals surface area contributed by atoms with Crippen LogP contribution in [-0.4, -0.2) is 20.5 Å². The van der Waals surface area contributed by atoms with E-state index >= 15 is 0 Å². The van der Waals surface area contributed by atoms with Crippen molar-refractivity contribution < 1.29 is 9.47 Å². The van der Waals surface area contributed by atoms with E-state index in [1.807, 2.05) is 0 Å². The van der Waals surface area contributed by atoms with Crippen molar-refractivity contribution in [3.63, 3.8) is 0 Å². The SMILES string of the molecule is COC(OC)C1CCc2c(C)cc(C)cc21. The van der Waals surface area contributed by atoms with Crippen LogP contribution < -0.4 is 0 Å². The van der Waals surface area contributed by atoms with Gasteiger partial charge in [0.1, 0.15) is 0 Å². The highest BCUT2D eigenvalue weighted by atomic mass is 16.7. The average Bonchev–Trinajstić information content (AvgIpc) is 2.64. The molecule has 1 atom stereocenters. The number of ether oxygens (including phenoxy) is 2. The van der Waals surface area contributed by atoms with Crippen LogP contribution in [-0.2, 0) is 15.9 Å². The van der Waals surface area contributed by atoms with Crippen LogP contribution in [0.1, 0.15) is 34.6 Å². The number of hydrogen-bond donors (Lipinski definition) is 0. The van der Waals surface area contributed by atoms with E-state index in [1.54, 1.807) is 14.2 Å². The summed E-state index contributed by atoms with van der Waals surface area (Å²) >= 11 is 0. The highest BCUT2D eigenvalue weighted by Gasteiger charge is 2.30. The van der Waals surface area contributed by atoms with E-state index < -0.39 is 0 Å². The first-order valence-electron chi connectivity index (χ1n) is 5.83. The van der Waals surface area contributed by atoms with E-state index in [4.69, 9.17) is 9.47 Å². The second-order valence-corrected chi connectivity index (χ2v) is 4.63. The van der Waals surface area contributed by atoms with Crippen LogP contribution in [0.5, 0.6) is 0 Å². The summed E-state index contributed by atoms with van der Waals surface area (Å²) < 4.78 is 10.8. The summed E-state index contributed by atoms with van der Waals surface area (Å²) in [5, 5.41) is 0. The molecule has 1 aliphatic carbocycles. The summed E-state index contributed by atoms with van der Waals surface area (Å²) in [6.07, 6.45) is 2.17. The fourth-order valence-corrected chi connectivity index (χ4v) is 2.87. The number of benzene rings is 1. The molecule has 1 aliphatic rings. The summed E-state index contributed by atoms with van der Waals surface area (Å²) in [6, 6.07) is 4.54. The second-order valence-electron chi connectivity index (χ2n) is 4.63. The molecular formula is C14H20O2. The van der Waals surface area contributed by atoms with Gasteiger partial charge in [0, 0.05) is 20.1 Å². The molecule has 0 fully saturated rings. The molecule has 0 aromatic heterocycles. The van der Waals surface area contributed by atoms with Crippen molar-refractivity contribution >= 4 is 0 Å². The number of rotatable bonds is 3. The van der Waals surface area contributed by atoms with Gasteiger partial charge >= 0.3 is 0 Å². The third-order valence-corrected chi connectivity index (χ3v) is 3.55. The Morgan fingerprint density at radius 3 is 2.50 bits per heavy atom. The first-order valence-corrected chi connectivity index (χ1v) is 5.83. The zero-order valence-electron chi connectivity index (χ0n) is 10.5. The van der Waals surface area contributed by atoms with E-state index in [-0.39, 0.29) is 6.29 Å².